The Labute approximate surface area is 138 Å². The van der Waals surface area contributed by atoms with Crippen molar-refractivity contribution in [2.75, 3.05) is 6.26 Å². The third-order valence-electron chi connectivity index (χ3n) is 3.35. The highest BCUT2D eigenvalue weighted by atomic mass is 32.2. The number of nitrogens with zero attached hydrogens (tertiary/aromatic N) is 2. The van der Waals surface area contributed by atoms with Gasteiger partial charge in [0.05, 0.1) is 16.3 Å². The fourth-order valence-corrected chi connectivity index (χ4v) is 2.95. The van der Waals surface area contributed by atoms with Gasteiger partial charge in [-0.2, -0.15) is 0 Å². The first kappa shape index (κ1) is 16.4. The molecule has 2 heterocycles. The summed E-state index contributed by atoms with van der Waals surface area (Å²) in [6, 6.07) is 7.03. The molecule has 1 aromatic carbocycles. The van der Waals surface area contributed by atoms with Crippen LogP contribution in [0.4, 0.5) is 13.2 Å². The molecule has 0 aliphatic rings. The molecule has 0 unspecified atom stereocenters. The van der Waals surface area contributed by atoms with E-state index in [9.17, 15) is 18.0 Å². The second-order valence-electron chi connectivity index (χ2n) is 4.97. The summed E-state index contributed by atoms with van der Waals surface area (Å²) in [5, 5.41) is 2.92. The van der Waals surface area contributed by atoms with E-state index in [4.69, 9.17) is 0 Å². The van der Waals surface area contributed by atoms with Gasteiger partial charge < -0.3 is 4.74 Å². The predicted octanol–water partition coefficient (Wildman–Crippen LogP) is 3.62. The molecule has 126 valence electrons. The Morgan fingerprint density at radius 1 is 1.25 bits per heavy atom. The Bertz CT molecular complexity index is 945. The third-order valence-corrected chi connectivity index (χ3v) is 4.22. The van der Waals surface area contributed by atoms with Crippen LogP contribution >= 0.6 is 11.8 Å². The van der Waals surface area contributed by atoms with Crippen LogP contribution in [0.1, 0.15) is 5.69 Å². The number of fused-ring (bicyclic) bond motifs is 1. The van der Waals surface area contributed by atoms with Gasteiger partial charge in [-0.1, -0.05) is 0 Å². The standard InChI is InChI=1S/C15H12F3N3O2S/c1-8-13(24-2)14(22)21-12(19-8)7-11(20-21)9-3-5-10(6-4-9)23-15(16,17)18/h3-7,20H,1-2H3. The average molecular weight is 355 g/mol. The summed E-state index contributed by atoms with van der Waals surface area (Å²) >= 11 is 1.31. The third kappa shape index (κ3) is 3.12. The van der Waals surface area contributed by atoms with Crippen LogP contribution in [-0.4, -0.2) is 27.2 Å². The molecule has 24 heavy (non-hydrogen) atoms. The lowest BCUT2D eigenvalue weighted by atomic mass is 10.1. The molecule has 1 N–H and O–H groups in total. The second kappa shape index (κ2) is 5.90. The first-order chi connectivity index (χ1) is 11.3. The molecule has 0 aliphatic heterocycles. The number of rotatable bonds is 3. The molecule has 5 nitrogen and oxygen atoms in total. The first-order valence-corrected chi connectivity index (χ1v) is 8.03. The molecule has 0 bridgehead atoms. The van der Waals surface area contributed by atoms with E-state index in [1.54, 1.807) is 19.2 Å². The van der Waals surface area contributed by atoms with Crippen molar-refractivity contribution in [2.24, 2.45) is 0 Å². The zero-order valence-corrected chi connectivity index (χ0v) is 13.5. The fraction of sp³-hybridized carbons (Fsp3) is 0.200. The largest absolute Gasteiger partial charge is 0.573 e. The van der Waals surface area contributed by atoms with E-state index in [1.807, 2.05) is 0 Å². The summed E-state index contributed by atoms with van der Waals surface area (Å²) in [6.07, 6.45) is -2.94. The minimum Gasteiger partial charge on any atom is -0.406 e. The van der Waals surface area contributed by atoms with Crippen LogP contribution in [0.25, 0.3) is 16.9 Å². The number of aromatic nitrogens is 3. The smallest absolute Gasteiger partial charge is 0.406 e. The maximum absolute atomic E-state index is 12.4. The van der Waals surface area contributed by atoms with Gasteiger partial charge in [0, 0.05) is 6.07 Å². The minimum absolute atomic E-state index is 0.215. The van der Waals surface area contributed by atoms with Crippen LogP contribution in [0.15, 0.2) is 40.0 Å². The number of nitrogens with one attached hydrogen (secondary N) is 1. The number of ether oxygens (including phenoxy) is 1. The SMILES string of the molecule is CSc1c(C)nc2cc(-c3ccc(OC(F)(F)F)cc3)[nH]n2c1=O. The highest BCUT2D eigenvalue weighted by Gasteiger charge is 2.31. The fourth-order valence-electron chi connectivity index (χ4n) is 2.34. The van der Waals surface area contributed by atoms with Crippen LogP contribution in [0, 0.1) is 6.92 Å². The summed E-state index contributed by atoms with van der Waals surface area (Å²) in [4.78, 5) is 17.3. The number of thioether (sulfide) groups is 1. The van der Waals surface area contributed by atoms with Crippen molar-refractivity contribution in [2.45, 2.75) is 18.2 Å². The highest BCUT2D eigenvalue weighted by Crippen LogP contribution is 2.26. The zero-order valence-electron chi connectivity index (χ0n) is 12.6. The van der Waals surface area contributed by atoms with Crippen LogP contribution in [0.2, 0.25) is 0 Å². The van der Waals surface area contributed by atoms with Gasteiger partial charge in [0.15, 0.2) is 5.65 Å². The highest BCUT2D eigenvalue weighted by molar-refractivity contribution is 7.98. The van der Waals surface area contributed by atoms with Gasteiger partial charge in [0.1, 0.15) is 5.75 Å². The molecular formula is C15H12F3N3O2S. The summed E-state index contributed by atoms with van der Waals surface area (Å²) in [6.45, 7) is 1.75. The number of aryl methyl sites for hydroxylation is 1. The summed E-state index contributed by atoms with van der Waals surface area (Å²) in [5.74, 6) is -0.307. The molecule has 0 atom stereocenters. The van der Waals surface area contributed by atoms with E-state index >= 15 is 0 Å². The molecule has 2 aromatic heterocycles. The summed E-state index contributed by atoms with van der Waals surface area (Å²) < 4.78 is 41.7. The molecule has 3 rings (SSSR count). The lowest BCUT2D eigenvalue weighted by molar-refractivity contribution is -0.274. The van der Waals surface area contributed by atoms with E-state index in [1.165, 1.54) is 40.5 Å². The second-order valence-corrected chi connectivity index (χ2v) is 5.79. The van der Waals surface area contributed by atoms with Gasteiger partial charge in [-0.3, -0.25) is 9.89 Å². The maximum Gasteiger partial charge on any atom is 0.573 e. The lowest BCUT2D eigenvalue weighted by Gasteiger charge is -2.08. The van der Waals surface area contributed by atoms with Crippen molar-refractivity contribution in [3.8, 4) is 17.0 Å². The minimum atomic E-state index is -4.73. The number of H-pyrrole nitrogens is 1. The number of hydrogen-bond acceptors (Lipinski definition) is 4. The summed E-state index contributed by atoms with van der Waals surface area (Å²) in [7, 11) is 0. The zero-order chi connectivity index (χ0) is 17.5. The normalized spacial score (nSPS) is 11.9. The van der Waals surface area contributed by atoms with E-state index in [0.29, 0.717) is 27.5 Å². The van der Waals surface area contributed by atoms with Crippen molar-refractivity contribution in [1.29, 1.82) is 0 Å². The Morgan fingerprint density at radius 3 is 2.50 bits per heavy atom. The molecular weight excluding hydrogens is 343 g/mol. The van der Waals surface area contributed by atoms with Gasteiger partial charge in [-0.25, -0.2) is 9.50 Å². The molecule has 0 spiro atoms. The molecule has 3 aromatic rings. The Kier molecular flexibility index (Phi) is 4.04. The van der Waals surface area contributed by atoms with Crippen LogP contribution in [-0.2, 0) is 0 Å². The van der Waals surface area contributed by atoms with Crippen LogP contribution in [0.3, 0.4) is 0 Å². The van der Waals surface area contributed by atoms with E-state index < -0.39 is 6.36 Å². The average Bonchev–Trinajstić information content (AvgIpc) is 2.91. The molecule has 0 radical (unpaired) electrons. The van der Waals surface area contributed by atoms with Gasteiger partial charge in [-0.05, 0) is 43.0 Å². The number of benzene rings is 1. The molecule has 0 fully saturated rings. The Balaban J connectivity index is 2.01. The van der Waals surface area contributed by atoms with Crippen molar-refractivity contribution in [3.63, 3.8) is 0 Å². The van der Waals surface area contributed by atoms with Gasteiger partial charge >= 0.3 is 6.36 Å². The van der Waals surface area contributed by atoms with Crippen LogP contribution in [0.5, 0.6) is 5.75 Å². The first-order valence-electron chi connectivity index (χ1n) is 6.81. The number of halogens is 3. The quantitative estimate of drug-likeness (QED) is 0.729. The molecule has 9 heteroatoms. The molecule has 0 aliphatic carbocycles. The van der Waals surface area contributed by atoms with Crippen molar-refractivity contribution in [1.82, 2.24) is 14.6 Å². The van der Waals surface area contributed by atoms with Crippen molar-refractivity contribution >= 4 is 17.4 Å². The number of aromatic amines is 1. The molecule has 0 amide bonds. The Hall–Kier alpha value is -2.42. The monoisotopic (exact) mass is 355 g/mol. The maximum atomic E-state index is 12.4. The Morgan fingerprint density at radius 2 is 1.92 bits per heavy atom. The topological polar surface area (TPSA) is 59.4 Å². The number of alkyl halides is 3. The van der Waals surface area contributed by atoms with E-state index in [0.717, 1.165) is 0 Å². The van der Waals surface area contributed by atoms with E-state index in [2.05, 4.69) is 14.8 Å². The van der Waals surface area contributed by atoms with Gasteiger partial charge in [-0.15, -0.1) is 24.9 Å². The van der Waals surface area contributed by atoms with Crippen molar-refractivity contribution in [3.05, 3.63) is 46.4 Å². The van der Waals surface area contributed by atoms with Gasteiger partial charge in [0.2, 0.25) is 0 Å². The molecule has 0 saturated carbocycles. The van der Waals surface area contributed by atoms with Gasteiger partial charge in [0.25, 0.3) is 5.56 Å². The molecule has 0 saturated heterocycles. The van der Waals surface area contributed by atoms with Crippen molar-refractivity contribution < 1.29 is 17.9 Å². The summed E-state index contributed by atoms with van der Waals surface area (Å²) in [5.41, 5.74) is 2.04. The number of hydrogen-bond donors (Lipinski definition) is 1. The van der Waals surface area contributed by atoms with E-state index in [-0.39, 0.29) is 11.3 Å². The predicted molar refractivity (Wildman–Crippen MR) is 84.4 cm³/mol. The lowest BCUT2D eigenvalue weighted by Crippen LogP contribution is -2.18. The van der Waals surface area contributed by atoms with Crippen LogP contribution < -0.4 is 10.3 Å².